The third kappa shape index (κ3) is 5.85. The molecule has 4 heteroatoms. The molecule has 18 heavy (non-hydrogen) atoms. The second-order valence-corrected chi connectivity index (χ2v) is 5.38. The molecule has 2 nitrogen and oxygen atoms in total. The van der Waals surface area contributed by atoms with E-state index in [9.17, 15) is 4.79 Å². The van der Waals surface area contributed by atoms with E-state index in [0.717, 1.165) is 0 Å². The molecule has 1 saturated carbocycles. The lowest BCUT2D eigenvalue weighted by Crippen LogP contribution is -2.17. The quantitative estimate of drug-likeness (QED) is 0.612. The molecule has 1 aromatic carbocycles. The van der Waals surface area contributed by atoms with E-state index < -0.39 is 0 Å². The number of benzene rings is 1. The molecule has 0 heterocycles. The van der Waals surface area contributed by atoms with Crippen molar-refractivity contribution in [1.82, 2.24) is 0 Å². The van der Waals surface area contributed by atoms with Crippen molar-refractivity contribution in [3.05, 3.63) is 33.8 Å². The molecule has 1 fully saturated rings. The topological polar surface area (TPSA) is 43.1 Å². The molecular formula is C14H19Cl2NO. The van der Waals surface area contributed by atoms with Crippen molar-refractivity contribution in [2.45, 2.75) is 44.6 Å². The van der Waals surface area contributed by atoms with Crippen LogP contribution >= 0.6 is 23.2 Å². The minimum atomic E-state index is 0.391. The number of aldehydes is 1. The highest BCUT2D eigenvalue weighted by atomic mass is 35.5. The van der Waals surface area contributed by atoms with Crippen molar-refractivity contribution in [2.24, 2.45) is 5.73 Å². The zero-order chi connectivity index (χ0) is 13.4. The number of carbonyl (C=O) groups excluding carboxylic acids is 1. The van der Waals surface area contributed by atoms with Gasteiger partial charge in [-0.2, -0.15) is 0 Å². The van der Waals surface area contributed by atoms with Crippen LogP contribution in [0.15, 0.2) is 18.2 Å². The fourth-order valence-electron chi connectivity index (χ4n) is 1.91. The Bertz CT molecular complexity index is 374. The summed E-state index contributed by atoms with van der Waals surface area (Å²) in [5.74, 6) is 0. The van der Waals surface area contributed by atoms with Crippen LogP contribution in [0.2, 0.25) is 10.0 Å². The Labute approximate surface area is 118 Å². The molecule has 2 N–H and O–H groups in total. The Hall–Kier alpha value is -0.570. The summed E-state index contributed by atoms with van der Waals surface area (Å²) in [6, 6.07) is 5.26. The highest BCUT2D eigenvalue weighted by molar-refractivity contribution is 6.36. The van der Waals surface area contributed by atoms with Crippen LogP contribution in [0.4, 0.5) is 0 Å². The predicted molar refractivity (Wildman–Crippen MR) is 77.5 cm³/mol. The third-order valence-corrected chi connectivity index (χ3v) is 3.55. The molecule has 0 spiro atoms. The molecule has 1 aliphatic carbocycles. The van der Waals surface area contributed by atoms with Gasteiger partial charge in [0.1, 0.15) is 0 Å². The number of nitrogens with two attached hydrogens (primary N) is 1. The predicted octanol–water partition coefficient (Wildman–Crippen LogP) is 4.47. The largest absolute Gasteiger partial charge is 0.328 e. The van der Waals surface area contributed by atoms with Crippen LogP contribution in [-0.2, 0) is 0 Å². The smallest absolute Gasteiger partial charge is 0.151 e. The summed E-state index contributed by atoms with van der Waals surface area (Å²) in [5.41, 5.74) is 6.20. The van der Waals surface area contributed by atoms with Crippen LogP contribution in [-0.4, -0.2) is 12.3 Å². The molecule has 2 rings (SSSR count). The van der Waals surface area contributed by atoms with Gasteiger partial charge >= 0.3 is 0 Å². The maximum Gasteiger partial charge on any atom is 0.151 e. The number of carbonyl (C=O) groups is 1. The second-order valence-electron chi connectivity index (χ2n) is 4.54. The van der Waals surface area contributed by atoms with E-state index >= 15 is 0 Å². The van der Waals surface area contributed by atoms with Gasteiger partial charge in [-0.15, -0.1) is 0 Å². The standard InChI is InChI=1S/C7H4Cl2O.C7H15N/c8-6-2-1-5(4-10)7(9)3-6;8-7-5-3-1-2-4-6-7/h1-4H;7H,1-6,8H2. The fourth-order valence-corrected chi connectivity index (χ4v) is 2.36. The molecule has 0 saturated heterocycles. The first-order valence-electron chi connectivity index (χ1n) is 6.29. The third-order valence-electron chi connectivity index (χ3n) is 2.99. The summed E-state index contributed by atoms with van der Waals surface area (Å²) in [7, 11) is 0. The maximum atomic E-state index is 10.2. The minimum Gasteiger partial charge on any atom is -0.328 e. The highest BCUT2D eigenvalue weighted by Crippen LogP contribution is 2.19. The summed E-state index contributed by atoms with van der Waals surface area (Å²) < 4.78 is 0. The minimum absolute atomic E-state index is 0.391. The number of halogens is 2. The van der Waals surface area contributed by atoms with Crippen molar-refractivity contribution >= 4 is 29.5 Å². The first-order chi connectivity index (χ1) is 8.63. The van der Waals surface area contributed by atoms with Crippen molar-refractivity contribution in [3.8, 4) is 0 Å². The van der Waals surface area contributed by atoms with Crippen LogP contribution in [0.25, 0.3) is 0 Å². The average molecular weight is 288 g/mol. The lowest BCUT2D eigenvalue weighted by molar-refractivity contribution is 0.112. The van der Waals surface area contributed by atoms with Gasteiger partial charge in [0.15, 0.2) is 6.29 Å². The van der Waals surface area contributed by atoms with Crippen LogP contribution in [0.3, 0.4) is 0 Å². The Kier molecular flexibility index (Phi) is 7.33. The second kappa shape index (κ2) is 8.52. The van der Waals surface area contributed by atoms with Crippen LogP contribution < -0.4 is 5.73 Å². The zero-order valence-electron chi connectivity index (χ0n) is 10.4. The first kappa shape index (κ1) is 15.5. The van der Waals surface area contributed by atoms with Crippen molar-refractivity contribution < 1.29 is 4.79 Å². The van der Waals surface area contributed by atoms with E-state index in [-0.39, 0.29) is 0 Å². The summed E-state index contributed by atoms with van der Waals surface area (Å²) in [5, 5.41) is 0.929. The van der Waals surface area contributed by atoms with E-state index in [1.54, 1.807) is 12.1 Å². The van der Waals surface area contributed by atoms with E-state index in [1.165, 1.54) is 44.6 Å². The SMILES string of the molecule is NC1CCCCCC1.O=Cc1ccc(Cl)cc1Cl. The Morgan fingerprint density at radius 2 is 1.72 bits per heavy atom. The normalized spacial score (nSPS) is 16.4. The van der Waals surface area contributed by atoms with Crippen LogP contribution in [0.1, 0.15) is 48.9 Å². The number of hydrogen-bond donors (Lipinski definition) is 1. The van der Waals surface area contributed by atoms with Crippen LogP contribution in [0, 0.1) is 0 Å². The molecule has 0 aliphatic heterocycles. The van der Waals surface area contributed by atoms with Gasteiger partial charge in [0.05, 0.1) is 5.02 Å². The van der Waals surface area contributed by atoms with Gasteiger partial charge in [-0.25, -0.2) is 0 Å². The lowest BCUT2D eigenvalue weighted by Gasteiger charge is -2.03. The van der Waals surface area contributed by atoms with Gasteiger partial charge in [-0.3, -0.25) is 4.79 Å². The Morgan fingerprint density at radius 3 is 2.22 bits per heavy atom. The first-order valence-corrected chi connectivity index (χ1v) is 7.05. The highest BCUT2D eigenvalue weighted by Gasteiger charge is 2.05. The molecule has 1 aliphatic rings. The zero-order valence-corrected chi connectivity index (χ0v) is 11.9. The summed E-state index contributed by atoms with van der Waals surface area (Å²) in [6.45, 7) is 0. The molecule has 0 radical (unpaired) electrons. The fraction of sp³-hybridized carbons (Fsp3) is 0.500. The van der Waals surface area contributed by atoms with Gasteiger partial charge < -0.3 is 5.73 Å². The van der Waals surface area contributed by atoms with Crippen molar-refractivity contribution in [3.63, 3.8) is 0 Å². The molecule has 1 aromatic rings. The Balaban J connectivity index is 0.000000184. The van der Waals surface area contributed by atoms with Gasteiger partial charge in [-0.1, -0.05) is 48.9 Å². The van der Waals surface area contributed by atoms with Gasteiger partial charge in [-0.05, 0) is 31.0 Å². The molecule has 0 unspecified atom stereocenters. The molecule has 0 bridgehead atoms. The molecule has 0 atom stereocenters. The van der Waals surface area contributed by atoms with E-state index in [4.69, 9.17) is 28.9 Å². The van der Waals surface area contributed by atoms with E-state index in [2.05, 4.69) is 0 Å². The molecule has 0 amide bonds. The number of rotatable bonds is 1. The van der Waals surface area contributed by atoms with Crippen molar-refractivity contribution in [2.75, 3.05) is 0 Å². The van der Waals surface area contributed by atoms with Gasteiger partial charge in [0.25, 0.3) is 0 Å². The average Bonchev–Trinajstić information content (AvgIpc) is 2.58. The molecule has 0 aromatic heterocycles. The van der Waals surface area contributed by atoms with Crippen LogP contribution in [0.5, 0.6) is 0 Å². The monoisotopic (exact) mass is 287 g/mol. The number of hydrogen-bond acceptors (Lipinski definition) is 2. The van der Waals surface area contributed by atoms with Gasteiger partial charge in [0, 0.05) is 16.6 Å². The lowest BCUT2D eigenvalue weighted by atomic mass is 10.1. The molecular weight excluding hydrogens is 269 g/mol. The maximum absolute atomic E-state index is 10.2. The Morgan fingerprint density at radius 1 is 1.11 bits per heavy atom. The molecule has 100 valence electrons. The summed E-state index contributed by atoms with van der Waals surface area (Å²) >= 11 is 11.2. The van der Waals surface area contributed by atoms with E-state index in [1.807, 2.05) is 0 Å². The van der Waals surface area contributed by atoms with E-state index in [0.29, 0.717) is 27.9 Å². The summed E-state index contributed by atoms with van der Waals surface area (Å²) in [6.07, 6.45) is 8.77. The van der Waals surface area contributed by atoms with Gasteiger partial charge in [0.2, 0.25) is 0 Å². The summed E-state index contributed by atoms with van der Waals surface area (Å²) in [4.78, 5) is 10.2. The van der Waals surface area contributed by atoms with Crippen molar-refractivity contribution in [1.29, 1.82) is 0 Å².